The monoisotopic (exact) mass is 366 g/mol. The molecule has 2 heterocycles. The van der Waals surface area contributed by atoms with E-state index in [1.54, 1.807) is 0 Å². The van der Waals surface area contributed by atoms with Gasteiger partial charge in [-0.25, -0.2) is 4.99 Å². The van der Waals surface area contributed by atoms with E-state index in [0.29, 0.717) is 32.2 Å². The molecular formula is C19H34N4O3. The van der Waals surface area contributed by atoms with Crippen molar-refractivity contribution in [3.63, 3.8) is 0 Å². The summed E-state index contributed by atoms with van der Waals surface area (Å²) in [6, 6.07) is 2.02. The smallest absolute Gasteiger partial charge is 0.191 e. The van der Waals surface area contributed by atoms with E-state index in [1.807, 2.05) is 13.0 Å². The van der Waals surface area contributed by atoms with Crippen LogP contribution in [0.4, 0.5) is 0 Å². The molecule has 1 aromatic rings. The molecule has 2 rings (SSSR count). The Morgan fingerprint density at radius 1 is 1.35 bits per heavy atom. The first kappa shape index (κ1) is 20.7. The first-order chi connectivity index (χ1) is 12.8. The summed E-state index contributed by atoms with van der Waals surface area (Å²) in [6.45, 7) is 10.5. The van der Waals surface area contributed by atoms with Crippen LogP contribution in [-0.2, 0) is 16.0 Å². The van der Waals surface area contributed by atoms with Crippen molar-refractivity contribution in [3.8, 4) is 0 Å². The van der Waals surface area contributed by atoms with Crippen LogP contribution in [0.5, 0.6) is 0 Å². The van der Waals surface area contributed by atoms with Crippen LogP contribution in [0.15, 0.2) is 15.6 Å². The minimum atomic E-state index is 0.271. The number of rotatable bonds is 11. The standard InChI is InChI=1S/C19H34N4O3/c1-4-15(5-2)18-12-17(26-23-18)13-22-19(20-6-3)21-9-11-24-14-16-8-7-10-25-16/h12,15-16H,4-11,13-14H2,1-3H3,(H2,20,21,22). The van der Waals surface area contributed by atoms with E-state index < -0.39 is 0 Å². The van der Waals surface area contributed by atoms with Gasteiger partial charge in [0.15, 0.2) is 11.7 Å². The maximum Gasteiger partial charge on any atom is 0.191 e. The molecule has 2 N–H and O–H groups in total. The summed E-state index contributed by atoms with van der Waals surface area (Å²) in [4.78, 5) is 4.56. The average Bonchev–Trinajstić information content (AvgIpc) is 3.32. The Labute approximate surface area is 156 Å². The molecule has 1 aliphatic heterocycles. The summed E-state index contributed by atoms with van der Waals surface area (Å²) in [5, 5.41) is 10.7. The molecule has 1 saturated heterocycles. The van der Waals surface area contributed by atoms with Crippen LogP contribution in [0.1, 0.15) is 63.8 Å². The van der Waals surface area contributed by atoms with Crippen molar-refractivity contribution in [2.75, 3.05) is 32.9 Å². The number of hydrogen-bond acceptors (Lipinski definition) is 5. The fourth-order valence-electron chi connectivity index (χ4n) is 3.03. The number of aromatic nitrogens is 1. The molecule has 0 aliphatic carbocycles. The van der Waals surface area contributed by atoms with E-state index in [0.717, 1.165) is 56.2 Å². The lowest BCUT2D eigenvalue weighted by molar-refractivity contribution is 0.0191. The summed E-state index contributed by atoms with van der Waals surface area (Å²) in [5.74, 6) is 2.01. The Hall–Kier alpha value is -1.60. The minimum Gasteiger partial charge on any atom is -0.377 e. The van der Waals surface area contributed by atoms with E-state index in [4.69, 9.17) is 14.0 Å². The van der Waals surface area contributed by atoms with Crippen LogP contribution in [-0.4, -0.2) is 50.1 Å². The zero-order valence-electron chi connectivity index (χ0n) is 16.4. The average molecular weight is 367 g/mol. The number of ether oxygens (including phenoxy) is 2. The lowest BCUT2D eigenvalue weighted by Crippen LogP contribution is -2.39. The van der Waals surface area contributed by atoms with Gasteiger partial charge in [0.05, 0.1) is 25.0 Å². The summed E-state index contributed by atoms with van der Waals surface area (Å²) in [7, 11) is 0. The molecule has 148 valence electrons. The molecular weight excluding hydrogens is 332 g/mol. The van der Waals surface area contributed by atoms with E-state index >= 15 is 0 Å². The van der Waals surface area contributed by atoms with E-state index in [-0.39, 0.29) is 6.10 Å². The highest BCUT2D eigenvalue weighted by molar-refractivity contribution is 5.79. The van der Waals surface area contributed by atoms with Crippen molar-refractivity contribution >= 4 is 5.96 Å². The molecule has 1 aliphatic rings. The molecule has 7 heteroatoms. The summed E-state index contributed by atoms with van der Waals surface area (Å²) >= 11 is 0. The second-order valence-electron chi connectivity index (χ2n) is 6.56. The number of aliphatic imine (C=N–C) groups is 1. The molecule has 0 amide bonds. The molecule has 0 aromatic carbocycles. The van der Waals surface area contributed by atoms with Gasteiger partial charge in [-0.05, 0) is 32.6 Å². The Morgan fingerprint density at radius 3 is 2.88 bits per heavy atom. The van der Waals surface area contributed by atoms with Crippen LogP contribution in [0.25, 0.3) is 0 Å². The van der Waals surface area contributed by atoms with Gasteiger partial charge in [0.2, 0.25) is 0 Å². The number of hydrogen-bond donors (Lipinski definition) is 2. The van der Waals surface area contributed by atoms with Crippen molar-refractivity contribution < 1.29 is 14.0 Å². The third-order valence-corrected chi connectivity index (χ3v) is 4.58. The molecule has 1 unspecified atom stereocenters. The summed E-state index contributed by atoms with van der Waals surface area (Å²) in [5.41, 5.74) is 1.03. The van der Waals surface area contributed by atoms with Gasteiger partial charge in [-0.15, -0.1) is 0 Å². The summed E-state index contributed by atoms with van der Waals surface area (Å²) < 4.78 is 16.6. The highest BCUT2D eigenvalue weighted by Crippen LogP contribution is 2.22. The van der Waals surface area contributed by atoms with Crippen LogP contribution in [0, 0.1) is 0 Å². The highest BCUT2D eigenvalue weighted by Gasteiger charge is 2.15. The van der Waals surface area contributed by atoms with Gasteiger partial charge in [-0.3, -0.25) is 0 Å². The Kier molecular flexibility index (Phi) is 9.48. The van der Waals surface area contributed by atoms with Gasteiger partial charge < -0.3 is 24.6 Å². The lowest BCUT2D eigenvalue weighted by atomic mass is 9.99. The fourth-order valence-corrected chi connectivity index (χ4v) is 3.03. The summed E-state index contributed by atoms with van der Waals surface area (Å²) in [6.07, 6.45) is 4.66. The first-order valence-corrected chi connectivity index (χ1v) is 9.93. The van der Waals surface area contributed by atoms with Crippen molar-refractivity contribution in [2.24, 2.45) is 4.99 Å². The van der Waals surface area contributed by atoms with Crippen molar-refractivity contribution in [1.29, 1.82) is 0 Å². The second-order valence-corrected chi connectivity index (χ2v) is 6.56. The van der Waals surface area contributed by atoms with Crippen LogP contribution >= 0.6 is 0 Å². The fraction of sp³-hybridized carbons (Fsp3) is 0.789. The van der Waals surface area contributed by atoms with Crippen molar-refractivity contribution in [2.45, 2.75) is 65.0 Å². The van der Waals surface area contributed by atoms with Crippen molar-refractivity contribution in [1.82, 2.24) is 15.8 Å². The van der Waals surface area contributed by atoms with Crippen LogP contribution < -0.4 is 10.6 Å². The number of nitrogens with zero attached hydrogens (tertiary/aromatic N) is 2. The third-order valence-electron chi connectivity index (χ3n) is 4.58. The Balaban J connectivity index is 1.73. The highest BCUT2D eigenvalue weighted by atomic mass is 16.5. The molecule has 0 saturated carbocycles. The van der Waals surface area contributed by atoms with E-state index in [2.05, 4.69) is 34.6 Å². The largest absolute Gasteiger partial charge is 0.377 e. The zero-order chi connectivity index (χ0) is 18.6. The molecule has 26 heavy (non-hydrogen) atoms. The quantitative estimate of drug-likeness (QED) is 0.356. The van der Waals surface area contributed by atoms with E-state index in [1.165, 1.54) is 0 Å². The van der Waals surface area contributed by atoms with Gasteiger partial charge in [0.25, 0.3) is 0 Å². The van der Waals surface area contributed by atoms with Crippen LogP contribution in [0.2, 0.25) is 0 Å². The minimum absolute atomic E-state index is 0.271. The molecule has 1 fully saturated rings. The topological polar surface area (TPSA) is 80.9 Å². The van der Waals surface area contributed by atoms with Crippen LogP contribution in [0.3, 0.4) is 0 Å². The normalized spacial score (nSPS) is 17.8. The zero-order valence-corrected chi connectivity index (χ0v) is 16.4. The Morgan fingerprint density at radius 2 is 2.19 bits per heavy atom. The lowest BCUT2D eigenvalue weighted by Gasteiger charge is -2.13. The van der Waals surface area contributed by atoms with Gasteiger partial charge in [0, 0.05) is 31.7 Å². The maximum atomic E-state index is 5.66. The van der Waals surface area contributed by atoms with Gasteiger partial charge in [-0.2, -0.15) is 0 Å². The molecule has 0 spiro atoms. The Bertz CT molecular complexity index is 523. The first-order valence-electron chi connectivity index (χ1n) is 9.93. The maximum absolute atomic E-state index is 5.66. The molecule has 1 aromatic heterocycles. The van der Waals surface area contributed by atoms with Crippen molar-refractivity contribution in [3.05, 3.63) is 17.5 Å². The van der Waals surface area contributed by atoms with Gasteiger partial charge in [0.1, 0.15) is 6.54 Å². The van der Waals surface area contributed by atoms with Gasteiger partial charge in [-0.1, -0.05) is 19.0 Å². The number of nitrogens with one attached hydrogen (secondary N) is 2. The SMILES string of the molecule is CCNC(=NCc1cc(C(CC)CC)no1)NCCOCC1CCCO1. The van der Waals surface area contributed by atoms with E-state index in [9.17, 15) is 0 Å². The molecule has 0 bridgehead atoms. The second kappa shape index (κ2) is 11.9. The number of guanidine groups is 1. The predicted octanol–water partition coefficient (Wildman–Crippen LogP) is 2.83. The predicted molar refractivity (Wildman–Crippen MR) is 102 cm³/mol. The molecule has 1 atom stereocenters. The molecule has 0 radical (unpaired) electrons. The third kappa shape index (κ3) is 6.96. The van der Waals surface area contributed by atoms with Gasteiger partial charge >= 0.3 is 0 Å². The molecule has 7 nitrogen and oxygen atoms in total.